The number of carbonyl (C=O) groups excluding carboxylic acids is 1. The van der Waals surface area contributed by atoms with Gasteiger partial charge in [0.25, 0.3) is 0 Å². The van der Waals surface area contributed by atoms with Crippen molar-refractivity contribution in [1.29, 1.82) is 0 Å². The molecule has 1 amide bonds. The molecule has 0 spiro atoms. The summed E-state index contributed by atoms with van der Waals surface area (Å²) >= 11 is 0. The normalized spacial score (nSPS) is 10.6. The molecule has 0 aliphatic carbocycles. The summed E-state index contributed by atoms with van der Waals surface area (Å²) in [6.07, 6.45) is 3.87. The van der Waals surface area contributed by atoms with Crippen LogP contribution in [0.5, 0.6) is 5.75 Å². The molecule has 1 radical (unpaired) electrons. The Morgan fingerprint density at radius 2 is 1.95 bits per heavy atom. The van der Waals surface area contributed by atoms with Gasteiger partial charge >= 0.3 is 0 Å². The third-order valence-electron chi connectivity index (χ3n) is 3.10. The van der Waals surface area contributed by atoms with Gasteiger partial charge in [0.1, 0.15) is 18.3 Å². The lowest BCUT2D eigenvalue weighted by Gasteiger charge is -2.14. The van der Waals surface area contributed by atoms with Gasteiger partial charge in [-0.3, -0.25) is 9.78 Å². The third kappa shape index (κ3) is 4.60. The summed E-state index contributed by atoms with van der Waals surface area (Å²) in [4.78, 5) is 15.6. The van der Waals surface area contributed by atoms with Crippen molar-refractivity contribution in [3.8, 4) is 5.75 Å². The zero-order valence-electron chi connectivity index (χ0n) is 12.3. The smallest absolute Gasteiger partial charge is 0.228 e. The van der Waals surface area contributed by atoms with E-state index < -0.39 is 5.91 Å². The second kappa shape index (κ2) is 6.88. The maximum absolute atomic E-state index is 11.5. The number of ether oxygens (including phenoxy) is 1. The summed E-state index contributed by atoms with van der Waals surface area (Å²) in [5.41, 5.74) is 8.62. The number of hydrogen-bond acceptors (Lipinski definition) is 3. The van der Waals surface area contributed by atoms with Gasteiger partial charge in [0.05, 0.1) is 0 Å². The number of rotatable bonds is 6. The molecule has 0 fully saturated rings. The largest absolute Gasteiger partial charge is 0.492 e. The number of pyridine rings is 1. The molecule has 0 bridgehead atoms. The molecule has 1 aromatic carbocycles. The van der Waals surface area contributed by atoms with E-state index in [0.717, 1.165) is 22.4 Å². The van der Waals surface area contributed by atoms with Gasteiger partial charge in [-0.1, -0.05) is 12.1 Å². The van der Waals surface area contributed by atoms with Gasteiger partial charge < -0.3 is 10.5 Å². The van der Waals surface area contributed by atoms with Gasteiger partial charge in [-0.2, -0.15) is 0 Å². The van der Waals surface area contributed by atoms with Crippen LogP contribution in [0.15, 0.2) is 42.7 Å². The van der Waals surface area contributed by atoms with Crippen LogP contribution in [0.4, 0.5) is 0 Å². The second-order valence-electron chi connectivity index (χ2n) is 5.12. The number of nitrogens with two attached hydrogens (primary N) is 1. The minimum atomic E-state index is -0.441. The van der Waals surface area contributed by atoms with Crippen molar-refractivity contribution in [3.05, 3.63) is 65.3 Å². The molecule has 0 saturated heterocycles. The van der Waals surface area contributed by atoms with Crippen LogP contribution >= 0.6 is 0 Å². The Bertz CT molecular complexity index is 591. The lowest BCUT2D eigenvalue weighted by molar-refractivity contribution is -0.116. The molecule has 109 valence electrons. The van der Waals surface area contributed by atoms with Crippen molar-refractivity contribution in [1.82, 2.24) is 4.98 Å². The number of benzene rings is 1. The minimum Gasteiger partial charge on any atom is -0.492 e. The van der Waals surface area contributed by atoms with Crippen molar-refractivity contribution in [2.24, 2.45) is 5.73 Å². The first-order chi connectivity index (χ1) is 10.0. The first-order valence-electron chi connectivity index (χ1n) is 6.79. The summed E-state index contributed by atoms with van der Waals surface area (Å²) in [5, 5.41) is 0. The Kier molecular flexibility index (Phi) is 4.93. The van der Waals surface area contributed by atoms with Crippen LogP contribution in [0.25, 0.3) is 0 Å². The van der Waals surface area contributed by atoms with Gasteiger partial charge in [0.2, 0.25) is 5.91 Å². The number of hydrogen-bond donors (Lipinski definition) is 1. The molecule has 0 saturated carbocycles. The van der Waals surface area contributed by atoms with Crippen LogP contribution in [0.3, 0.4) is 0 Å². The van der Waals surface area contributed by atoms with Gasteiger partial charge in [0, 0.05) is 12.4 Å². The maximum Gasteiger partial charge on any atom is 0.228 e. The predicted molar refractivity (Wildman–Crippen MR) is 81.8 cm³/mol. The first kappa shape index (κ1) is 15.0. The van der Waals surface area contributed by atoms with E-state index in [1.807, 2.05) is 38.1 Å². The lowest BCUT2D eigenvalue weighted by Crippen LogP contribution is -2.28. The Balaban J connectivity index is 2.02. The second-order valence-corrected chi connectivity index (χ2v) is 5.12. The van der Waals surface area contributed by atoms with E-state index in [1.54, 1.807) is 12.4 Å². The number of primary amides is 1. The number of carbonyl (C=O) groups is 1. The van der Waals surface area contributed by atoms with E-state index in [9.17, 15) is 4.79 Å². The fourth-order valence-electron chi connectivity index (χ4n) is 2.15. The number of aryl methyl sites for hydroxylation is 2. The minimum absolute atomic E-state index is 0.188. The standard InChI is InChI=1S/C17H19N2O2/c1-12-6-13(2)8-16(7-12)21-11-15(17(18)20)9-14-4-3-5-19-10-14/h3-8,10H,9,11H2,1-2H3,(H2,18,20). The molecule has 4 nitrogen and oxygen atoms in total. The van der Waals surface area contributed by atoms with Crippen molar-refractivity contribution in [2.75, 3.05) is 6.61 Å². The summed E-state index contributed by atoms with van der Waals surface area (Å²) in [5.74, 6) is 0.836. The SMILES string of the molecule is Cc1cc(C)cc(OC[C](Cc2cccnc2)C(N)=O)c1. The highest BCUT2D eigenvalue weighted by Crippen LogP contribution is 2.18. The van der Waals surface area contributed by atoms with Gasteiger partial charge in [0.15, 0.2) is 0 Å². The number of amides is 1. The van der Waals surface area contributed by atoms with Gasteiger partial charge in [-0.25, -0.2) is 0 Å². The van der Waals surface area contributed by atoms with E-state index >= 15 is 0 Å². The average molecular weight is 283 g/mol. The van der Waals surface area contributed by atoms with Crippen LogP contribution < -0.4 is 10.5 Å². The molecule has 2 aromatic rings. The summed E-state index contributed by atoms with van der Waals surface area (Å²) in [7, 11) is 0. The molecule has 21 heavy (non-hydrogen) atoms. The molecule has 1 aromatic heterocycles. The van der Waals surface area contributed by atoms with E-state index in [0.29, 0.717) is 12.3 Å². The summed E-state index contributed by atoms with van der Waals surface area (Å²) in [6, 6.07) is 9.69. The Labute approximate surface area is 125 Å². The molecule has 0 aliphatic heterocycles. The molecular formula is C17H19N2O2. The predicted octanol–water partition coefficient (Wildman–Crippen LogP) is 2.38. The van der Waals surface area contributed by atoms with Crippen molar-refractivity contribution < 1.29 is 9.53 Å². The highest BCUT2D eigenvalue weighted by molar-refractivity contribution is 5.89. The molecule has 0 aliphatic rings. The Hall–Kier alpha value is -2.36. The molecule has 1 heterocycles. The average Bonchev–Trinajstić information content (AvgIpc) is 2.43. The molecule has 0 atom stereocenters. The molecule has 2 N–H and O–H groups in total. The molecule has 4 heteroatoms. The van der Waals surface area contributed by atoms with Crippen LogP contribution in [-0.4, -0.2) is 17.5 Å². The fourth-order valence-corrected chi connectivity index (χ4v) is 2.15. The van der Waals surface area contributed by atoms with Crippen molar-refractivity contribution in [3.63, 3.8) is 0 Å². The number of aromatic nitrogens is 1. The fraction of sp³-hybridized carbons (Fsp3) is 0.235. The zero-order chi connectivity index (χ0) is 15.2. The van der Waals surface area contributed by atoms with E-state index in [-0.39, 0.29) is 6.61 Å². The van der Waals surface area contributed by atoms with Crippen LogP contribution in [0.1, 0.15) is 16.7 Å². The topological polar surface area (TPSA) is 65.2 Å². The van der Waals surface area contributed by atoms with Crippen molar-refractivity contribution >= 4 is 5.91 Å². The van der Waals surface area contributed by atoms with Gasteiger partial charge in [-0.15, -0.1) is 0 Å². The lowest BCUT2D eigenvalue weighted by atomic mass is 10.0. The monoisotopic (exact) mass is 283 g/mol. The Morgan fingerprint density at radius 3 is 2.52 bits per heavy atom. The van der Waals surface area contributed by atoms with Crippen LogP contribution in [-0.2, 0) is 11.2 Å². The highest BCUT2D eigenvalue weighted by Gasteiger charge is 2.18. The highest BCUT2D eigenvalue weighted by atomic mass is 16.5. The Morgan fingerprint density at radius 1 is 1.24 bits per heavy atom. The number of nitrogens with zero attached hydrogens (tertiary/aromatic N) is 1. The van der Waals surface area contributed by atoms with E-state index in [2.05, 4.69) is 11.1 Å². The quantitative estimate of drug-likeness (QED) is 0.885. The molecule has 2 rings (SSSR count). The maximum atomic E-state index is 11.5. The first-order valence-corrected chi connectivity index (χ1v) is 6.79. The van der Waals surface area contributed by atoms with E-state index in [1.165, 1.54) is 0 Å². The van der Waals surface area contributed by atoms with E-state index in [4.69, 9.17) is 10.5 Å². The summed E-state index contributed by atoms with van der Waals surface area (Å²) < 4.78 is 5.71. The third-order valence-corrected chi connectivity index (χ3v) is 3.10. The zero-order valence-corrected chi connectivity index (χ0v) is 12.3. The molecule has 0 unspecified atom stereocenters. The molecular weight excluding hydrogens is 264 g/mol. The van der Waals surface area contributed by atoms with Crippen LogP contribution in [0, 0.1) is 19.8 Å². The van der Waals surface area contributed by atoms with Crippen molar-refractivity contribution in [2.45, 2.75) is 20.3 Å². The van der Waals surface area contributed by atoms with Crippen LogP contribution in [0.2, 0.25) is 0 Å². The summed E-state index contributed by atoms with van der Waals surface area (Å²) in [6.45, 7) is 4.20. The van der Waals surface area contributed by atoms with Gasteiger partial charge in [-0.05, 0) is 55.2 Å².